The number of fused-ring (bicyclic) bond motifs is 2. The topological polar surface area (TPSA) is 106 Å². The van der Waals surface area contributed by atoms with Crippen molar-refractivity contribution >= 4 is 34.7 Å². The molecule has 1 saturated heterocycles. The highest BCUT2D eigenvalue weighted by Crippen LogP contribution is 2.38. The van der Waals surface area contributed by atoms with E-state index in [0.29, 0.717) is 23.0 Å². The molecule has 47 heavy (non-hydrogen) atoms. The zero-order chi connectivity index (χ0) is 33.7. The first kappa shape index (κ1) is 33.3. The van der Waals surface area contributed by atoms with Gasteiger partial charge in [0.25, 0.3) is 0 Å². The molecule has 0 atom stereocenters. The second kappa shape index (κ2) is 14.6. The number of aryl methyl sites for hydroxylation is 1. The summed E-state index contributed by atoms with van der Waals surface area (Å²) in [7, 11) is 9.93. The largest absolute Gasteiger partial charge is 0.493 e. The number of anilines is 2. The quantitative estimate of drug-likeness (QED) is 0.397. The van der Waals surface area contributed by atoms with E-state index < -0.39 is 0 Å². The second-order valence-corrected chi connectivity index (χ2v) is 11.5. The Morgan fingerprint density at radius 1 is 0.617 bits per heavy atom. The van der Waals surface area contributed by atoms with Crippen LogP contribution in [0.5, 0.6) is 23.0 Å². The summed E-state index contributed by atoms with van der Waals surface area (Å²) in [6.45, 7) is 4.27. The van der Waals surface area contributed by atoms with Crippen LogP contribution in [-0.4, -0.2) is 97.0 Å². The Hall–Kier alpha value is -5.06. The summed E-state index contributed by atoms with van der Waals surface area (Å²) in [5.41, 5.74) is 6.27. The minimum Gasteiger partial charge on any atom is -0.493 e. The molecule has 0 unspecified atom stereocenters. The third-order valence-corrected chi connectivity index (χ3v) is 8.76. The van der Waals surface area contributed by atoms with Gasteiger partial charge in [0, 0.05) is 56.0 Å². The van der Waals surface area contributed by atoms with Gasteiger partial charge in [0.1, 0.15) is 18.9 Å². The van der Waals surface area contributed by atoms with E-state index in [0.717, 1.165) is 71.1 Å². The van der Waals surface area contributed by atoms with Gasteiger partial charge in [-0.2, -0.15) is 0 Å². The number of methoxy groups -OCH3 is 4. The maximum absolute atomic E-state index is 12.3. The number of nitrogens with zero attached hydrogens (tertiary/aromatic N) is 5. The summed E-state index contributed by atoms with van der Waals surface area (Å²) in [4.78, 5) is 39.4. The smallest absolute Gasteiger partial charge is 0.248 e. The number of likely N-dealkylation sites (N-methyl/N-ethyl adjacent to an activating group) is 2. The third kappa shape index (κ3) is 6.74. The van der Waals surface area contributed by atoms with E-state index in [9.17, 15) is 9.59 Å². The Balaban J connectivity index is 0.000000185. The average Bonchev–Trinajstić information content (AvgIpc) is 3.30. The number of hydrogen-bond donors (Lipinski definition) is 0. The van der Waals surface area contributed by atoms with Crippen LogP contribution < -0.4 is 28.7 Å². The monoisotopic (exact) mass is 641 g/mol. The van der Waals surface area contributed by atoms with Gasteiger partial charge < -0.3 is 33.6 Å². The Kier molecular flexibility index (Phi) is 10.3. The number of ether oxygens (including phenoxy) is 4. The SMILES string of the molecule is COc1cc2c(cc1OC)N(C)C(=O)CN=C2N1CCCCC1.COc1cc2c(cc1OC)N(C)C(=O)CN=C2c1ccccc1C. The average molecular weight is 642 g/mol. The van der Waals surface area contributed by atoms with E-state index in [2.05, 4.69) is 14.9 Å². The lowest BCUT2D eigenvalue weighted by molar-refractivity contribution is -0.117. The van der Waals surface area contributed by atoms with Gasteiger partial charge in [0.05, 0.1) is 45.5 Å². The van der Waals surface area contributed by atoms with Gasteiger partial charge in [0.15, 0.2) is 23.0 Å². The lowest BCUT2D eigenvalue weighted by Gasteiger charge is -2.31. The molecule has 0 aromatic heterocycles. The number of piperidine rings is 1. The predicted octanol–water partition coefficient (Wildman–Crippen LogP) is 4.74. The van der Waals surface area contributed by atoms with Crippen LogP contribution in [0, 0.1) is 6.92 Å². The van der Waals surface area contributed by atoms with Crippen molar-refractivity contribution in [1.29, 1.82) is 0 Å². The van der Waals surface area contributed by atoms with Crippen molar-refractivity contribution in [2.45, 2.75) is 26.2 Å². The summed E-state index contributed by atoms with van der Waals surface area (Å²) in [6.07, 6.45) is 3.57. The second-order valence-electron chi connectivity index (χ2n) is 11.5. The van der Waals surface area contributed by atoms with Crippen LogP contribution >= 0.6 is 0 Å². The molecule has 1 fully saturated rings. The normalized spacial score (nSPS) is 16.0. The minimum atomic E-state index is -0.0629. The zero-order valence-corrected chi connectivity index (χ0v) is 28.3. The molecule has 3 heterocycles. The van der Waals surface area contributed by atoms with E-state index >= 15 is 0 Å². The number of amidine groups is 1. The number of benzodiazepines with no additional fused rings is 2. The van der Waals surface area contributed by atoms with Gasteiger partial charge in [-0.15, -0.1) is 0 Å². The van der Waals surface area contributed by atoms with Crippen LogP contribution in [0.3, 0.4) is 0 Å². The highest BCUT2D eigenvalue weighted by molar-refractivity contribution is 6.20. The van der Waals surface area contributed by atoms with Crippen LogP contribution in [0.4, 0.5) is 11.4 Å². The molecule has 248 valence electrons. The fourth-order valence-corrected chi connectivity index (χ4v) is 6.05. The van der Waals surface area contributed by atoms with Crippen molar-refractivity contribution in [3.05, 3.63) is 70.8 Å². The number of carbonyl (C=O) groups is 2. The Morgan fingerprint density at radius 3 is 1.66 bits per heavy atom. The molecule has 11 nitrogen and oxygen atoms in total. The van der Waals surface area contributed by atoms with Crippen LogP contribution in [0.2, 0.25) is 0 Å². The highest BCUT2D eigenvalue weighted by Gasteiger charge is 2.28. The lowest BCUT2D eigenvalue weighted by atomic mass is 9.96. The summed E-state index contributed by atoms with van der Waals surface area (Å²) in [5, 5.41) is 0. The molecule has 6 rings (SSSR count). The van der Waals surface area contributed by atoms with Gasteiger partial charge in [-0.1, -0.05) is 24.3 Å². The van der Waals surface area contributed by atoms with Crippen LogP contribution in [-0.2, 0) is 9.59 Å². The van der Waals surface area contributed by atoms with Crippen molar-refractivity contribution in [2.75, 3.05) is 78.5 Å². The Bertz CT molecular complexity index is 1710. The Labute approximate surface area is 276 Å². The number of likely N-dealkylation sites (tertiary alicyclic amines) is 1. The first-order chi connectivity index (χ1) is 22.7. The molecule has 3 aliphatic rings. The van der Waals surface area contributed by atoms with Gasteiger partial charge in [-0.05, 0) is 43.9 Å². The van der Waals surface area contributed by atoms with Crippen molar-refractivity contribution in [3.63, 3.8) is 0 Å². The number of carbonyl (C=O) groups excluding carboxylic acids is 2. The molecule has 3 aromatic rings. The molecule has 0 spiro atoms. The van der Waals surface area contributed by atoms with Crippen molar-refractivity contribution in [2.24, 2.45) is 9.98 Å². The molecule has 3 aliphatic heterocycles. The van der Waals surface area contributed by atoms with Crippen molar-refractivity contribution < 1.29 is 28.5 Å². The highest BCUT2D eigenvalue weighted by atomic mass is 16.5. The molecule has 0 saturated carbocycles. The molecule has 0 aliphatic carbocycles. The molecule has 11 heteroatoms. The van der Waals surface area contributed by atoms with Crippen molar-refractivity contribution in [1.82, 2.24) is 4.90 Å². The van der Waals surface area contributed by atoms with Gasteiger partial charge in [-0.3, -0.25) is 19.6 Å². The molecule has 2 amide bonds. The first-order valence-electron chi connectivity index (χ1n) is 15.7. The number of benzene rings is 3. The van der Waals surface area contributed by atoms with Gasteiger partial charge >= 0.3 is 0 Å². The maximum Gasteiger partial charge on any atom is 0.248 e. The summed E-state index contributed by atoms with van der Waals surface area (Å²) in [6, 6.07) is 15.5. The van der Waals surface area contributed by atoms with E-state index in [4.69, 9.17) is 18.9 Å². The van der Waals surface area contributed by atoms with E-state index in [1.807, 2.05) is 55.5 Å². The molecule has 0 bridgehead atoms. The van der Waals surface area contributed by atoms with Gasteiger partial charge in [-0.25, -0.2) is 0 Å². The summed E-state index contributed by atoms with van der Waals surface area (Å²) >= 11 is 0. The summed E-state index contributed by atoms with van der Waals surface area (Å²) < 4.78 is 21.7. The lowest BCUT2D eigenvalue weighted by Crippen LogP contribution is -2.36. The molecule has 0 radical (unpaired) electrons. The van der Waals surface area contributed by atoms with Crippen LogP contribution in [0.1, 0.15) is 41.5 Å². The van der Waals surface area contributed by atoms with Crippen LogP contribution in [0.15, 0.2) is 58.5 Å². The third-order valence-electron chi connectivity index (χ3n) is 8.76. The van der Waals surface area contributed by atoms with Gasteiger partial charge in [0.2, 0.25) is 11.8 Å². The van der Waals surface area contributed by atoms with E-state index in [-0.39, 0.29) is 24.9 Å². The predicted molar refractivity (Wildman–Crippen MR) is 184 cm³/mol. The van der Waals surface area contributed by atoms with E-state index in [1.165, 1.54) is 6.42 Å². The standard InChI is InChI=1S/C19H20N2O3.C17H23N3O3/c1-12-7-5-6-8-13(12)19-14-9-16(23-3)17(24-4)10-15(14)21(2)18(22)11-20-19;1-19-13-10-15(23-3)14(22-2)9-12(13)17(18-11-16(19)21)20-7-5-4-6-8-20/h5-10H,11H2,1-4H3;9-10H,4-8,11H2,1-3H3. The molecule has 3 aromatic carbocycles. The molecular formula is C36H43N5O6. The Morgan fingerprint density at radius 2 is 1.11 bits per heavy atom. The molecule has 0 N–H and O–H groups in total. The fourth-order valence-electron chi connectivity index (χ4n) is 6.05. The number of amides is 2. The number of aliphatic imine (C=N–C) groups is 2. The van der Waals surface area contributed by atoms with Crippen molar-refractivity contribution in [3.8, 4) is 23.0 Å². The number of hydrogen-bond acceptors (Lipinski definition) is 9. The zero-order valence-electron chi connectivity index (χ0n) is 28.3. The number of rotatable bonds is 5. The molecular weight excluding hydrogens is 598 g/mol. The summed E-state index contributed by atoms with van der Waals surface area (Å²) in [5.74, 6) is 3.27. The first-order valence-corrected chi connectivity index (χ1v) is 15.7. The van der Waals surface area contributed by atoms with E-state index in [1.54, 1.807) is 52.3 Å². The fraction of sp³-hybridized carbons (Fsp3) is 0.389. The maximum atomic E-state index is 12.3. The minimum absolute atomic E-state index is 0.0227. The van der Waals surface area contributed by atoms with Crippen LogP contribution in [0.25, 0.3) is 0 Å².